The van der Waals surface area contributed by atoms with Crippen LogP contribution in [0.5, 0.6) is 0 Å². The lowest BCUT2D eigenvalue weighted by molar-refractivity contribution is -0.158. The lowest BCUT2D eigenvalue weighted by Crippen LogP contribution is -2.32. The van der Waals surface area contributed by atoms with E-state index in [0.29, 0.717) is 25.7 Å². The van der Waals surface area contributed by atoms with E-state index in [4.69, 9.17) is 14.2 Å². The van der Waals surface area contributed by atoms with Gasteiger partial charge in [0.2, 0.25) is 0 Å². The van der Waals surface area contributed by atoms with Crippen LogP contribution in [0.1, 0.15) is 90.2 Å². The molecule has 0 spiro atoms. The van der Waals surface area contributed by atoms with Crippen LogP contribution < -0.4 is 0 Å². The lowest BCUT2D eigenvalue weighted by Gasteiger charge is -2.29. The van der Waals surface area contributed by atoms with Crippen molar-refractivity contribution >= 4 is 32.2 Å². The van der Waals surface area contributed by atoms with E-state index in [0.717, 1.165) is 11.1 Å². The Morgan fingerprint density at radius 3 is 1.58 bits per heavy atom. The van der Waals surface area contributed by atoms with E-state index in [2.05, 4.69) is 0 Å². The summed E-state index contributed by atoms with van der Waals surface area (Å²) in [5.74, 6) is -0.880. The molecule has 2 aromatic carbocycles. The van der Waals surface area contributed by atoms with Crippen molar-refractivity contribution in [3.05, 3.63) is 59.7 Å². The van der Waals surface area contributed by atoms with E-state index in [9.17, 15) is 35.5 Å². The molecule has 45 heavy (non-hydrogen) atoms. The molecule has 0 amide bonds. The molecule has 0 bridgehead atoms. The Labute approximate surface area is 267 Å². The molecule has 13 heteroatoms. The fourth-order valence-electron chi connectivity index (χ4n) is 5.10. The van der Waals surface area contributed by atoms with Crippen LogP contribution in [0.15, 0.2) is 58.3 Å². The van der Waals surface area contributed by atoms with Gasteiger partial charge >= 0.3 is 11.9 Å². The summed E-state index contributed by atoms with van der Waals surface area (Å²) in [4.78, 5) is 25.3. The maximum Gasteiger partial charge on any atom is 0.311 e. The van der Waals surface area contributed by atoms with E-state index in [1.54, 1.807) is 38.1 Å². The molecule has 0 saturated heterocycles. The van der Waals surface area contributed by atoms with E-state index < -0.39 is 37.0 Å². The Morgan fingerprint density at radius 1 is 0.711 bits per heavy atom. The summed E-state index contributed by atoms with van der Waals surface area (Å²) < 4.78 is 80.0. The zero-order valence-electron chi connectivity index (χ0n) is 26.8. The molecule has 2 rings (SSSR count). The highest BCUT2D eigenvalue weighted by Crippen LogP contribution is 2.37. The van der Waals surface area contributed by atoms with E-state index >= 15 is 0 Å². The molecule has 0 aliphatic rings. The topological polar surface area (TPSA) is 171 Å². The first kappa shape index (κ1) is 38.3. The van der Waals surface area contributed by atoms with Crippen molar-refractivity contribution in [1.29, 1.82) is 0 Å². The number of hydrogen-bond acceptors (Lipinski definition) is 9. The average molecular weight is 671 g/mol. The molecule has 0 aromatic heterocycles. The highest BCUT2D eigenvalue weighted by molar-refractivity contribution is 7.86. The normalized spacial score (nSPS) is 15.1. The van der Waals surface area contributed by atoms with Gasteiger partial charge in [-0.15, -0.1) is 0 Å². The second-order valence-electron chi connectivity index (χ2n) is 12.2. The monoisotopic (exact) mass is 670 g/mol. The summed E-state index contributed by atoms with van der Waals surface area (Å²) in [7, 11) is -8.56. The summed E-state index contributed by atoms with van der Waals surface area (Å²) in [6.07, 6.45) is 2.18. The predicted octanol–water partition coefficient (Wildman–Crippen LogP) is 5.80. The van der Waals surface area contributed by atoms with Gasteiger partial charge in [-0.1, -0.05) is 45.0 Å². The van der Waals surface area contributed by atoms with E-state index in [1.165, 1.54) is 24.3 Å². The lowest BCUT2D eigenvalue weighted by atomic mass is 9.77. The highest BCUT2D eigenvalue weighted by Gasteiger charge is 2.35. The fraction of sp³-hybridized carbons (Fsp3) is 0.562. The van der Waals surface area contributed by atoms with Crippen LogP contribution in [-0.2, 0) is 44.0 Å². The van der Waals surface area contributed by atoms with Gasteiger partial charge in [-0.25, -0.2) is 0 Å². The third-order valence-electron chi connectivity index (χ3n) is 8.15. The Balaban J connectivity index is 1.77. The number of carbonyl (C=O) groups excluding carboxylic acids is 2. The molecule has 0 saturated carbocycles. The average Bonchev–Trinajstić information content (AvgIpc) is 2.98. The maximum absolute atomic E-state index is 12.9. The van der Waals surface area contributed by atoms with Gasteiger partial charge in [0, 0.05) is 0 Å². The van der Waals surface area contributed by atoms with Crippen molar-refractivity contribution in [2.24, 2.45) is 10.8 Å². The fourth-order valence-corrected chi connectivity index (χ4v) is 6.06. The Kier molecular flexibility index (Phi) is 13.7. The van der Waals surface area contributed by atoms with Gasteiger partial charge in [0.1, 0.15) is 13.2 Å². The molecule has 0 aliphatic heterocycles. The SMILES string of the molecule is CCC(CC(C)(C)C(=O)OCCOCCOC(=O)C(C)(CC)CC(C)c1ccc(S(=O)(=O)O)cc1)c1ccc(S(=O)(=O)O)cc1. The first-order valence-electron chi connectivity index (χ1n) is 14.9. The maximum atomic E-state index is 12.9. The smallest absolute Gasteiger partial charge is 0.311 e. The number of ether oxygens (including phenoxy) is 3. The first-order valence-corrected chi connectivity index (χ1v) is 17.8. The number of rotatable bonds is 18. The Bertz CT molecular complexity index is 1480. The van der Waals surface area contributed by atoms with Gasteiger partial charge in [0.15, 0.2) is 0 Å². The molecule has 2 aromatic rings. The second-order valence-corrected chi connectivity index (χ2v) is 15.0. The molecule has 0 radical (unpaired) electrons. The van der Waals surface area contributed by atoms with E-state index in [1.807, 2.05) is 27.7 Å². The zero-order valence-corrected chi connectivity index (χ0v) is 28.4. The highest BCUT2D eigenvalue weighted by atomic mass is 32.2. The minimum Gasteiger partial charge on any atom is -0.463 e. The zero-order chi connectivity index (χ0) is 34.1. The number of esters is 2. The molecule has 0 fully saturated rings. The molecule has 3 unspecified atom stereocenters. The molecule has 0 heterocycles. The standard InChI is InChI=1S/C32H46O11S2/c1-7-24(26-11-15-28(16-12-26)45(38,39)40)22-31(4,5)29(33)42-19-17-41-18-20-43-30(34)32(6,8-2)21-23(3)25-9-13-27(14-10-25)44(35,36)37/h9-16,23-24H,7-8,17-22H2,1-6H3,(H,35,36,37)(H,38,39,40). The van der Waals surface area contributed by atoms with Crippen LogP contribution in [0.25, 0.3) is 0 Å². The van der Waals surface area contributed by atoms with Crippen molar-refractivity contribution in [1.82, 2.24) is 0 Å². The second kappa shape index (κ2) is 16.1. The quantitative estimate of drug-likeness (QED) is 0.112. The van der Waals surface area contributed by atoms with Crippen LogP contribution in [0.2, 0.25) is 0 Å². The molecule has 3 atom stereocenters. The summed E-state index contributed by atoms with van der Waals surface area (Å²) >= 11 is 0. The number of carbonyl (C=O) groups is 2. The number of hydrogen-bond donors (Lipinski definition) is 2. The van der Waals surface area contributed by atoms with Crippen LogP contribution >= 0.6 is 0 Å². The van der Waals surface area contributed by atoms with Gasteiger partial charge in [-0.2, -0.15) is 16.8 Å². The minimum atomic E-state index is -4.28. The molecule has 0 aliphatic carbocycles. The molecular weight excluding hydrogens is 624 g/mol. The van der Waals surface area contributed by atoms with Gasteiger partial charge in [-0.3, -0.25) is 18.7 Å². The van der Waals surface area contributed by atoms with Crippen molar-refractivity contribution in [2.45, 2.75) is 88.9 Å². The van der Waals surface area contributed by atoms with Gasteiger partial charge in [0.05, 0.1) is 33.8 Å². The number of benzene rings is 2. The van der Waals surface area contributed by atoms with Crippen LogP contribution in [0, 0.1) is 10.8 Å². The molecule has 11 nitrogen and oxygen atoms in total. The summed E-state index contributed by atoms with van der Waals surface area (Å²) in [5.41, 5.74) is 0.0807. The third kappa shape index (κ3) is 11.5. The molecule has 252 valence electrons. The van der Waals surface area contributed by atoms with Crippen LogP contribution in [-0.4, -0.2) is 64.3 Å². The van der Waals surface area contributed by atoms with Crippen molar-refractivity contribution < 1.29 is 49.7 Å². The van der Waals surface area contributed by atoms with Crippen LogP contribution in [0.4, 0.5) is 0 Å². The predicted molar refractivity (Wildman–Crippen MR) is 168 cm³/mol. The van der Waals surface area contributed by atoms with Crippen molar-refractivity contribution in [3.63, 3.8) is 0 Å². The molecular formula is C32H46O11S2. The third-order valence-corrected chi connectivity index (χ3v) is 9.89. The van der Waals surface area contributed by atoms with Crippen molar-refractivity contribution in [3.8, 4) is 0 Å². The van der Waals surface area contributed by atoms with Gasteiger partial charge in [-0.05, 0) is 93.7 Å². The van der Waals surface area contributed by atoms with Crippen LogP contribution in [0.3, 0.4) is 0 Å². The minimum absolute atomic E-state index is 0.0244. The van der Waals surface area contributed by atoms with Gasteiger partial charge in [0.25, 0.3) is 20.2 Å². The Hall–Kier alpha value is -2.84. The van der Waals surface area contributed by atoms with Crippen molar-refractivity contribution in [2.75, 3.05) is 26.4 Å². The molecule has 2 N–H and O–H groups in total. The Morgan fingerprint density at radius 2 is 1.16 bits per heavy atom. The van der Waals surface area contributed by atoms with Gasteiger partial charge < -0.3 is 14.2 Å². The van der Waals surface area contributed by atoms with E-state index in [-0.39, 0.29) is 54.0 Å². The largest absolute Gasteiger partial charge is 0.463 e. The summed E-state index contributed by atoms with van der Waals surface area (Å²) in [5, 5.41) is 0. The summed E-state index contributed by atoms with van der Waals surface area (Å²) in [6, 6.07) is 11.8. The first-order chi connectivity index (χ1) is 20.8. The summed E-state index contributed by atoms with van der Waals surface area (Å²) in [6.45, 7) is 11.5.